The minimum Gasteiger partial charge on any atom is -0.461 e. The van der Waals surface area contributed by atoms with Crippen LogP contribution >= 0.6 is 0 Å². The van der Waals surface area contributed by atoms with Gasteiger partial charge < -0.3 is 14.6 Å². The molecule has 0 aliphatic heterocycles. The molecule has 0 unspecified atom stereocenters. The summed E-state index contributed by atoms with van der Waals surface area (Å²) in [6.45, 7) is 6.50. The molecule has 0 aliphatic rings. The first-order valence-electron chi connectivity index (χ1n) is 7.67. The lowest BCUT2D eigenvalue weighted by atomic mass is 10.0. The van der Waals surface area contributed by atoms with Crippen LogP contribution in [0, 0.1) is 5.92 Å². The van der Waals surface area contributed by atoms with Gasteiger partial charge in [-0.2, -0.15) is 0 Å². The molecule has 122 valence electrons. The summed E-state index contributed by atoms with van der Waals surface area (Å²) < 4.78 is 10.5. The standard InChI is InChI=1S/C18H26O4/c1-14(2)22-18(20)17(19)15(3)9-7-8-12-21-13-16-10-5-4-6-11-16/h4-7,9-11,14-15,17,19H,8,12-13H2,1-3H3/b9-7-/t15-,17-/m0/s1. The van der Waals surface area contributed by atoms with Crippen LogP contribution in [0.5, 0.6) is 0 Å². The maximum absolute atomic E-state index is 11.6. The Morgan fingerprint density at radius 1 is 1.23 bits per heavy atom. The summed E-state index contributed by atoms with van der Waals surface area (Å²) in [5.41, 5.74) is 1.15. The maximum Gasteiger partial charge on any atom is 0.335 e. The number of esters is 1. The van der Waals surface area contributed by atoms with E-state index >= 15 is 0 Å². The number of carbonyl (C=O) groups excluding carboxylic acids is 1. The van der Waals surface area contributed by atoms with Crippen molar-refractivity contribution in [2.45, 2.75) is 46.0 Å². The fourth-order valence-corrected chi connectivity index (χ4v) is 1.85. The Morgan fingerprint density at radius 3 is 2.55 bits per heavy atom. The number of ether oxygens (including phenoxy) is 2. The molecule has 0 radical (unpaired) electrons. The molecular weight excluding hydrogens is 280 g/mol. The lowest BCUT2D eigenvalue weighted by Gasteiger charge is -2.16. The van der Waals surface area contributed by atoms with Gasteiger partial charge in [0.15, 0.2) is 6.10 Å². The van der Waals surface area contributed by atoms with Gasteiger partial charge in [-0.05, 0) is 25.8 Å². The van der Waals surface area contributed by atoms with Crippen LogP contribution in [0.2, 0.25) is 0 Å². The first kappa shape index (κ1) is 18.4. The van der Waals surface area contributed by atoms with E-state index in [1.165, 1.54) is 0 Å². The van der Waals surface area contributed by atoms with E-state index in [4.69, 9.17) is 9.47 Å². The highest BCUT2D eigenvalue weighted by Gasteiger charge is 2.22. The number of benzene rings is 1. The average molecular weight is 306 g/mol. The van der Waals surface area contributed by atoms with E-state index in [0.29, 0.717) is 13.2 Å². The number of hydrogen-bond donors (Lipinski definition) is 1. The third-order valence-corrected chi connectivity index (χ3v) is 3.07. The molecule has 1 rings (SSSR count). The van der Waals surface area contributed by atoms with Crippen molar-refractivity contribution in [1.29, 1.82) is 0 Å². The van der Waals surface area contributed by atoms with Crippen LogP contribution in [0.3, 0.4) is 0 Å². The summed E-state index contributed by atoms with van der Waals surface area (Å²) in [6.07, 6.45) is 3.14. The fraction of sp³-hybridized carbons (Fsp3) is 0.500. The molecule has 22 heavy (non-hydrogen) atoms. The predicted molar refractivity (Wildman–Crippen MR) is 86.3 cm³/mol. The summed E-state index contributed by atoms with van der Waals surface area (Å²) in [6, 6.07) is 9.99. The van der Waals surface area contributed by atoms with Gasteiger partial charge in [-0.1, -0.05) is 49.4 Å². The highest BCUT2D eigenvalue weighted by molar-refractivity contribution is 5.75. The fourth-order valence-electron chi connectivity index (χ4n) is 1.85. The minimum absolute atomic E-state index is 0.218. The van der Waals surface area contributed by atoms with Crippen molar-refractivity contribution in [3.63, 3.8) is 0 Å². The number of aliphatic hydroxyl groups is 1. The first-order valence-corrected chi connectivity index (χ1v) is 7.67. The summed E-state index contributed by atoms with van der Waals surface area (Å²) >= 11 is 0. The monoisotopic (exact) mass is 306 g/mol. The van der Waals surface area contributed by atoms with Gasteiger partial charge in [0.05, 0.1) is 19.3 Å². The van der Waals surface area contributed by atoms with Crippen LogP contribution in [-0.4, -0.2) is 29.9 Å². The van der Waals surface area contributed by atoms with Gasteiger partial charge in [-0.25, -0.2) is 4.79 Å². The van der Waals surface area contributed by atoms with Gasteiger partial charge in [-0.15, -0.1) is 0 Å². The molecule has 0 saturated heterocycles. The lowest BCUT2D eigenvalue weighted by molar-refractivity contribution is -0.159. The van der Waals surface area contributed by atoms with Crippen LogP contribution in [-0.2, 0) is 20.9 Å². The van der Waals surface area contributed by atoms with Gasteiger partial charge in [0.1, 0.15) is 0 Å². The van der Waals surface area contributed by atoms with E-state index in [2.05, 4.69) is 0 Å². The highest BCUT2D eigenvalue weighted by atomic mass is 16.6. The van der Waals surface area contributed by atoms with E-state index < -0.39 is 12.1 Å². The predicted octanol–water partition coefficient (Wildman–Crippen LogP) is 3.10. The molecule has 1 aromatic rings. The van der Waals surface area contributed by atoms with Crippen molar-refractivity contribution in [1.82, 2.24) is 0 Å². The largest absolute Gasteiger partial charge is 0.461 e. The summed E-state index contributed by atoms with van der Waals surface area (Å²) in [4.78, 5) is 11.6. The van der Waals surface area contributed by atoms with E-state index in [9.17, 15) is 9.90 Å². The molecule has 0 aromatic heterocycles. The van der Waals surface area contributed by atoms with Crippen molar-refractivity contribution < 1.29 is 19.4 Å². The molecule has 0 amide bonds. The lowest BCUT2D eigenvalue weighted by Crippen LogP contribution is -2.30. The van der Waals surface area contributed by atoms with Gasteiger partial charge >= 0.3 is 5.97 Å². The molecule has 0 aliphatic carbocycles. The van der Waals surface area contributed by atoms with Gasteiger partial charge in [0.25, 0.3) is 0 Å². The Kier molecular flexibility index (Phi) is 8.48. The second-order valence-electron chi connectivity index (χ2n) is 5.54. The van der Waals surface area contributed by atoms with Crippen molar-refractivity contribution in [2.24, 2.45) is 5.92 Å². The van der Waals surface area contributed by atoms with Crippen LogP contribution in [0.4, 0.5) is 0 Å². The van der Waals surface area contributed by atoms with Crippen molar-refractivity contribution in [2.75, 3.05) is 6.61 Å². The van der Waals surface area contributed by atoms with Crippen molar-refractivity contribution >= 4 is 5.97 Å². The second kappa shape index (κ2) is 10.1. The highest BCUT2D eigenvalue weighted by Crippen LogP contribution is 2.09. The van der Waals surface area contributed by atoms with E-state index in [1.54, 1.807) is 20.8 Å². The Hall–Kier alpha value is -1.65. The Labute approximate surface area is 132 Å². The zero-order chi connectivity index (χ0) is 16.4. The molecule has 2 atom stereocenters. The number of aliphatic hydroxyl groups excluding tert-OH is 1. The van der Waals surface area contributed by atoms with Gasteiger partial charge in [0, 0.05) is 5.92 Å². The second-order valence-corrected chi connectivity index (χ2v) is 5.54. The molecule has 0 bridgehead atoms. The number of hydrogen-bond acceptors (Lipinski definition) is 4. The van der Waals surface area contributed by atoms with Crippen LogP contribution in [0.15, 0.2) is 42.5 Å². The molecule has 0 spiro atoms. The quantitative estimate of drug-likeness (QED) is 0.433. The van der Waals surface area contributed by atoms with Crippen molar-refractivity contribution in [3.05, 3.63) is 48.0 Å². The molecule has 0 saturated carbocycles. The average Bonchev–Trinajstić information content (AvgIpc) is 2.50. The van der Waals surface area contributed by atoms with E-state index in [1.807, 2.05) is 42.5 Å². The van der Waals surface area contributed by atoms with Gasteiger partial charge in [0.2, 0.25) is 0 Å². The van der Waals surface area contributed by atoms with E-state index in [0.717, 1.165) is 12.0 Å². The minimum atomic E-state index is -1.12. The maximum atomic E-state index is 11.6. The summed E-state index contributed by atoms with van der Waals surface area (Å²) in [5.74, 6) is -0.854. The third kappa shape index (κ3) is 7.38. The SMILES string of the molecule is CC(C)OC(=O)[C@@H](O)[C@@H](C)/C=C\CCOCc1ccccc1. The van der Waals surface area contributed by atoms with Crippen LogP contribution < -0.4 is 0 Å². The zero-order valence-electron chi connectivity index (χ0n) is 13.6. The molecule has 1 N–H and O–H groups in total. The normalized spacial score (nSPS) is 14.2. The first-order chi connectivity index (χ1) is 10.5. The van der Waals surface area contributed by atoms with Crippen LogP contribution in [0.25, 0.3) is 0 Å². The molecule has 4 nitrogen and oxygen atoms in total. The molecule has 1 aromatic carbocycles. The topological polar surface area (TPSA) is 55.8 Å². The number of carbonyl (C=O) groups is 1. The Bertz CT molecular complexity index is 453. The van der Waals surface area contributed by atoms with E-state index in [-0.39, 0.29) is 12.0 Å². The molecule has 0 fully saturated rings. The third-order valence-electron chi connectivity index (χ3n) is 3.07. The summed E-state index contributed by atoms with van der Waals surface area (Å²) in [7, 11) is 0. The van der Waals surface area contributed by atoms with Gasteiger partial charge in [-0.3, -0.25) is 0 Å². The zero-order valence-corrected chi connectivity index (χ0v) is 13.6. The molecular formula is C18H26O4. The van der Waals surface area contributed by atoms with Crippen LogP contribution in [0.1, 0.15) is 32.8 Å². The summed E-state index contributed by atoms with van der Waals surface area (Å²) in [5, 5.41) is 9.83. The smallest absolute Gasteiger partial charge is 0.335 e. The molecule has 4 heteroatoms. The Balaban J connectivity index is 2.20. The Morgan fingerprint density at radius 2 is 1.91 bits per heavy atom. The number of rotatable bonds is 9. The van der Waals surface area contributed by atoms with Crippen molar-refractivity contribution in [3.8, 4) is 0 Å². The molecule has 0 heterocycles.